The van der Waals surface area contributed by atoms with Gasteiger partial charge in [-0.25, -0.2) is 4.79 Å². The Kier molecular flexibility index (Phi) is 4.11. The Morgan fingerprint density at radius 1 is 1.56 bits per heavy atom. The molecule has 0 radical (unpaired) electrons. The van der Waals surface area contributed by atoms with E-state index in [1.807, 2.05) is 19.1 Å². The van der Waals surface area contributed by atoms with E-state index in [0.29, 0.717) is 6.54 Å². The van der Waals surface area contributed by atoms with E-state index in [9.17, 15) is 4.79 Å². The minimum Gasteiger partial charge on any atom is -0.496 e. The first-order valence-corrected chi connectivity index (χ1v) is 6.89. The lowest BCUT2D eigenvalue weighted by Gasteiger charge is -2.30. The zero-order chi connectivity index (χ0) is 13.1. The van der Waals surface area contributed by atoms with Crippen molar-refractivity contribution in [3.63, 3.8) is 0 Å². The molecule has 0 aliphatic carbocycles. The maximum absolute atomic E-state index is 12.0. The van der Waals surface area contributed by atoms with Gasteiger partial charge in [-0.05, 0) is 53.4 Å². The number of hydrogen-bond donors (Lipinski definition) is 1. The lowest BCUT2D eigenvalue weighted by Crippen LogP contribution is -2.42. The topological polar surface area (TPSA) is 41.6 Å². The average molecular weight is 313 g/mol. The number of nitrogens with zero attached hydrogens (tertiary/aromatic N) is 1. The molecule has 98 valence electrons. The molecule has 1 heterocycles. The van der Waals surface area contributed by atoms with Crippen molar-refractivity contribution in [1.29, 1.82) is 0 Å². The highest BCUT2D eigenvalue weighted by atomic mass is 79.9. The van der Waals surface area contributed by atoms with Crippen molar-refractivity contribution in [3.8, 4) is 5.75 Å². The molecule has 1 aliphatic heterocycles. The molecule has 5 heteroatoms. The molecular formula is C13H17BrN2O2. The Hall–Kier alpha value is -1.23. The number of nitrogens with one attached hydrogen (secondary N) is 1. The smallest absolute Gasteiger partial charge is 0.321 e. The number of carbonyl (C=O) groups excluding carboxylic acids is 1. The molecule has 0 aromatic heterocycles. The summed E-state index contributed by atoms with van der Waals surface area (Å²) in [5.74, 6) is 0.812. The normalized spacial score (nSPS) is 14.1. The minimum absolute atomic E-state index is 0.0319. The van der Waals surface area contributed by atoms with Crippen molar-refractivity contribution >= 4 is 27.6 Å². The van der Waals surface area contributed by atoms with Gasteiger partial charge in [0.1, 0.15) is 5.75 Å². The van der Waals surface area contributed by atoms with Gasteiger partial charge in [-0.15, -0.1) is 0 Å². The standard InChI is InChI=1S/C13H17BrN2O2/c1-3-15-13(17)16-8-4-5-9-10(16)6-7-11(18-2)12(9)14/h6-7H,3-5,8H2,1-2H3,(H,15,17). The number of amides is 2. The van der Waals surface area contributed by atoms with E-state index in [1.165, 1.54) is 0 Å². The summed E-state index contributed by atoms with van der Waals surface area (Å²) in [6.45, 7) is 3.33. The van der Waals surface area contributed by atoms with Gasteiger partial charge < -0.3 is 10.1 Å². The van der Waals surface area contributed by atoms with E-state index in [1.54, 1.807) is 12.0 Å². The Morgan fingerprint density at radius 2 is 2.33 bits per heavy atom. The van der Waals surface area contributed by atoms with Gasteiger partial charge in [0.15, 0.2) is 0 Å². The largest absolute Gasteiger partial charge is 0.496 e. The number of carbonyl (C=O) groups is 1. The number of urea groups is 1. The van der Waals surface area contributed by atoms with E-state index in [0.717, 1.165) is 40.9 Å². The zero-order valence-electron chi connectivity index (χ0n) is 10.6. The van der Waals surface area contributed by atoms with Gasteiger partial charge in [0, 0.05) is 18.8 Å². The third-order valence-corrected chi connectivity index (χ3v) is 3.94. The van der Waals surface area contributed by atoms with Crippen LogP contribution in [0.4, 0.5) is 10.5 Å². The second kappa shape index (κ2) is 5.61. The number of rotatable bonds is 2. The van der Waals surface area contributed by atoms with Crippen LogP contribution in [0.1, 0.15) is 18.9 Å². The van der Waals surface area contributed by atoms with E-state index >= 15 is 0 Å². The number of methoxy groups -OCH3 is 1. The lowest BCUT2D eigenvalue weighted by atomic mass is 10.0. The maximum Gasteiger partial charge on any atom is 0.321 e. The van der Waals surface area contributed by atoms with E-state index < -0.39 is 0 Å². The Bertz CT molecular complexity index is 463. The maximum atomic E-state index is 12.0. The van der Waals surface area contributed by atoms with Crippen molar-refractivity contribution in [2.75, 3.05) is 25.1 Å². The highest BCUT2D eigenvalue weighted by molar-refractivity contribution is 9.10. The van der Waals surface area contributed by atoms with Crippen LogP contribution >= 0.6 is 15.9 Å². The van der Waals surface area contributed by atoms with Crippen LogP contribution in [-0.2, 0) is 6.42 Å². The van der Waals surface area contributed by atoms with Crippen molar-refractivity contribution in [2.24, 2.45) is 0 Å². The molecule has 0 atom stereocenters. The first kappa shape index (κ1) is 13.2. The van der Waals surface area contributed by atoms with Gasteiger partial charge in [-0.3, -0.25) is 4.90 Å². The third kappa shape index (κ3) is 2.32. The van der Waals surface area contributed by atoms with Gasteiger partial charge in [0.2, 0.25) is 0 Å². The first-order valence-electron chi connectivity index (χ1n) is 6.09. The molecule has 1 aromatic rings. The fourth-order valence-electron chi connectivity index (χ4n) is 2.23. The van der Waals surface area contributed by atoms with Crippen molar-refractivity contribution in [2.45, 2.75) is 19.8 Å². The van der Waals surface area contributed by atoms with Crippen LogP contribution in [0.25, 0.3) is 0 Å². The fourth-order valence-corrected chi connectivity index (χ4v) is 2.93. The average Bonchev–Trinajstić information content (AvgIpc) is 2.39. The van der Waals surface area contributed by atoms with Gasteiger partial charge >= 0.3 is 6.03 Å². The van der Waals surface area contributed by atoms with Gasteiger partial charge in [0.25, 0.3) is 0 Å². The molecule has 2 amide bonds. The lowest BCUT2D eigenvalue weighted by molar-refractivity contribution is 0.246. The summed E-state index contributed by atoms with van der Waals surface area (Å²) in [7, 11) is 1.65. The molecule has 0 saturated carbocycles. The van der Waals surface area contributed by atoms with Crippen LogP contribution in [-0.4, -0.2) is 26.2 Å². The summed E-state index contributed by atoms with van der Waals surface area (Å²) in [6.07, 6.45) is 1.93. The van der Waals surface area contributed by atoms with Crippen LogP contribution in [0, 0.1) is 0 Å². The van der Waals surface area contributed by atoms with Crippen LogP contribution in [0.5, 0.6) is 5.75 Å². The molecule has 0 saturated heterocycles. The molecule has 0 bridgehead atoms. The van der Waals surface area contributed by atoms with Crippen LogP contribution in [0.2, 0.25) is 0 Å². The zero-order valence-corrected chi connectivity index (χ0v) is 12.2. The Balaban J connectivity index is 2.38. The predicted molar refractivity (Wildman–Crippen MR) is 75.4 cm³/mol. The van der Waals surface area contributed by atoms with E-state index in [4.69, 9.17) is 4.74 Å². The van der Waals surface area contributed by atoms with Crippen LogP contribution < -0.4 is 15.0 Å². The number of ether oxygens (including phenoxy) is 1. The summed E-state index contributed by atoms with van der Waals surface area (Å²) in [5.41, 5.74) is 2.12. The summed E-state index contributed by atoms with van der Waals surface area (Å²) in [6, 6.07) is 3.81. The minimum atomic E-state index is -0.0319. The summed E-state index contributed by atoms with van der Waals surface area (Å²) in [4.78, 5) is 13.8. The van der Waals surface area contributed by atoms with E-state index in [-0.39, 0.29) is 6.03 Å². The Labute approximate surface area is 115 Å². The molecule has 4 nitrogen and oxygen atoms in total. The Morgan fingerprint density at radius 3 is 3.00 bits per heavy atom. The van der Waals surface area contributed by atoms with Gasteiger partial charge in [0.05, 0.1) is 11.6 Å². The summed E-state index contributed by atoms with van der Waals surface area (Å²) >= 11 is 3.56. The second-order valence-corrected chi connectivity index (χ2v) is 4.96. The van der Waals surface area contributed by atoms with E-state index in [2.05, 4.69) is 21.2 Å². The number of anilines is 1. The van der Waals surface area contributed by atoms with Crippen LogP contribution in [0.15, 0.2) is 16.6 Å². The van der Waals surface area contributed by atoms with Crippen LogP contribution in [0.3, 0.4) is 0 Å². The molecular weight excluding hydrogens is 296 g/mol. The number of benzene rings is 1. The highest BCUT2D eigenvalue weighted by Gasteiger charge is 2.24. The van der Waals surface area contributed by atoms with Crippen molar-refractivity contribution in [3.05, 3.63) is 22.2 Å². The summed E-state index contributed by atoms with van der Waals surface area (Å²) in [5, 5.41) is 2.84. The quantitative estimate of drug-likeness (QED) is 0.912. The number of hydrogen-bond acceptors (Lipinski definition) is 2. The van der Waals surface area contributed by atoms with Crippen molar-refractivity contribution < 1.29 is 9.53 Å². The molecule has 2 rings (SSSR count). The molecule has 1 N–H and O–H groups in total. The molecule has 1 aromatic carbocycles. The van der Waals surface area contributed by atoms with Gasteiger partial charge in [-0.1, -0.05) is 0 Å². The first-order chi connectivity index (χ1) is 8.69. The molecule has 0 spiro atoms. The highest BCUT2D eigenvalue weighted by Crippen LogP contribution is 2.38. The number of fused-ring (bicyclic) bond motifs is 1. The van der Waals surface area contributed by atoms with Crippen molar-refractivity contribution in [1.82, 2.24) is 5.32 Å². The monoisotopic (exact) mass is 312 g/mol. The fraction of sp³-hybridized carbons (Fsp3) is 0.462. The second-order valence-electron chi connectivity index (χ2n) is 4.17. The SMILES string of the molecule is CCNC(=O)N1CCCc2c1ccc(OC)c2Br. The summed E-state index contributed by atoms with van der Waals surface area (Å²) < 4.78 is 6.24. The van der Waals surface area contributed by atoms with Gasteiger partial charge in [-0.2, -0.15) is 0 Å². The third-order valence-electron chi connectivity index (χ3n) is 3.08. The predicted octanol–water partition coefficient (Wildman–Crippen LogP) is 2.94. The molecule has 1 aliphatic rings. The molecule has 18 heavy (non-hydrogen) atoms. The molecule has 0 unspecified atom stereocenters. The molecule has 0 fully saturated rings. The number of halogens is 1.